The van der Waals surface area contributed by atoms with Crippen LogP contribution in [0.2, 0.25) is 0 Å². The molecular weight excluding hydrogens is 216 g/mol. The molecule has 1 aliphatic rings. The van der Waals surface area contributed by atoms with Crippen molar-refractivity contribution in [3.8, 4) is 5.75 Å². The minimum atomic E-state index is -0.646. The summed E-state index contributed by atoms with van der Waals surface area (Å²) in [5.74, 6) is 0.830. The second kappa shape index (κ2) is 4.88. The summed E-state index contributed by atoms with van der Waals surface area (Å²) >= 11 is 0. The molecule has 1 atom stereocenters. The number of benzene rings is 1. The number of ketones is 1. The molecule has 92 valence electrons. The fourth-order valence-electron chi connectivity index (χ4n) is 2.16. The molecule has 1 aromatic rings. The summed E-state index contributed by atoms with van der Waals surface area (Å²) < 4.78 is 10.7. The predicted octanol–water partition coefficient (Wildman–Crippen LogP) is 2.84. The molecule has 1 aromatic carbocycles. The third kappa shape index (κ3) is 2.50. The molecule has 0 N–H and O–H groups in total. The van der Waals surface area contributed by atoms with Gasteiger partial charge in [-0.25, -0.2) is 0 Å². The van der Waals surface area contributed by atoms with Crippen molar-refractivity contribution < 1.29 is 14.3 Å². The number of rotatable bonds is 3. The van der Waals surface area contributed by atoms with Crippen LogP contribution in [0, 0.1) is 0 Å². The van der Waals surface area contributed by atoms with Crippen molar-refractivity contribution in [3.63, 3.8) is 0 Å². The Bertz CT molecular complexity index is 388. The zero-order chi connectivity index (χ0) is 12.3. The van der Waals surface area contributed by atoms with E-state index in [1.807, 2.05) is 6.92 Å². The summed E-state index contributed by atoms with van der Waals surface area (Å²) in [6.45, 7) is 2.57. The largest absolute Gasteiger partial charge is 0.497 e. The molecule has 0 aromatic heterocycles. The van der Waals surface area contributed by atoms with Gasteiger partial charge in [0.05, 0.1) is 7.11 Å². The summed E-state index contributed by atoms with van der Waals surface area (Å²) in [7, 11) is 1.61. The zero-order valence-corrected chi connectivity index (χ0v) is 10.4. The molecule has 2 rings (SSSR count). The average molecular weight is 234 g/mol. The molecule has 3 nitrogen and oxygen atoms in total. The Morgan fingerprint density at radius 2 is 2.00 bits per heavy atom. The first-order valence-electron chi connectivity index (χ1n) is 5.98. The maximum atomic E-state index is 12.4. The third-order valence-electron chi connectivity index (χ3n) is 3.30. The maximum absolute atomic E-state index is 12.4. The molecule has 0 radical (unpaired) electrons. The van der Waals surface area contributed by atoms with Crippen LogP contribution in [-0.2, 0) is 4.74 Å². The summed E-state index contributed by atoms with van der Waals surface area (Å²) in [4.78, 5) is 12.4. The Morgan fingerprint density at radius 3 is 2.53 bits per heavy atom. The van der Waals surface area contributed by atoms with Crippen LogP contribution in [-0.4, -0.2) is 25.1 Å². The molecule has 1 aliphatic heterocycles. The van der Waals surface area contributed by atoms with Gasteiger partial charge in [-0.3, -0.25) is 4.79 Å². The highest BCUT2D eigenvalue weighted by atomic mass is 16.5. The first kappa shape index (κ1) is 12.1. The lowest BCUT2D eigenvalue weighted by Gasteiger charge is -2.32. The van der Waals surface area contributed by atoms with Crippen molar-refractivity contribution in [2.24, 2.45) is 0 Å². The van der Waals surface area contributed by atoms with Crippen LogP contribution in [0.3, 0.4) is 0 Å². The highest BCUT2D eigenvalue weighted by molar-refractivity contribution is 6.02. The average Bonchev–Trinajstić information content (AvgIpc) is 2.39. The van der Waals surface area contributed by atoms with Crippen molar-refractivity contribution in [1.82, 2.24) is 0 Å². The van der Waals surface area contributed by atoms with Crippen LogP contribution in [0.4, 0.5) is 0 Å². The van der Waals surface area contributed by atoms with E-state index in [1.54, 1.807) is 31.4 Å². The number of hydrogen-bond donors (Lipinski definition) is 0. The van der Waals surface area contributed by atoms with Gasteiger partial charge >= 0.3 is 0 Å². The van der Waals surface area contributed by atoms with Crippen LogP contribution < -0.4 is 4.74 Å². The fraction of sp³-hybridized carbons (Fsp3) is 0.500. The number of carbonyl (C=O) groups excluding carboxylic acids is 1. The number of hydrogen-bond acceptors (Lipinski definition) is 3. The summed E-state index contributed by atoms with van der Waals surface area (Å²) in [6.07, 6.45) is 2.90. The highest BCUT2D eigenvalue weighted by Crippen LogP contribution is 2.28. The van der Waals surface area contributed by atoms with Crippen LogP contribution in [0.15, 0.2) is 24.3 Å². The summed E-state index contributed by atoms with van der Waals surface area (Å²) in [6, 6.07) is 7.20. The Morgan fingerprint density at radius 1 is 1.29 bits per heavy atom. The van der Waals surface area contributed by atoms with E-state index >= 15 is 0 Å². The predicted molar refractivity (Wildman–Crippen MR) is 65.5 cm³/mol. The summed E-state index contributed by atoms with van der Waals surface area (Å²) in [5, 5.41) is 0. The van der Waals surface area contributed by atoms with Gasteiger partial charge in [-0.1, -0.05) is 0 Å². The molecule has 0 bridgehead atoms. The molecule has 1 saturated heterocycles. The van der Waals surface area contributed by atoms with Crippen LogP contribution in [0.1, 0.15) is 36.5 Å². The third-order valence-corrected chi connectivity index (χ3v) is 3.30. The van der Waals surface area contributed by atoms with Crippen molar-refractivity contribution in [1.29, 1.82) is 0 Å². The molecule has 0 saturated carbocycles. The van der Waals surface area contributed by atoms with E-state index in [4.69, 9.17) is 9.47 Å². The van der Waals surface area contributed by atoms with Gasteiger partial charge in [0.2, 0.25) is 0 Å². The lowest BCUT2D eigenvalue weighted by molar-refractivity contribution is -0.0426. The maximum Gasteiger partial charge on any atom is 0.194 e. The highest BCUT2D eigenvalue weighted by Gasteiger charge is 2.36. The number of methoxy groups -OCH3 is 1. The van der Waals surface area contributed by atoms with E-state index in [-0.39, 0.29) is 5.78 Å². The van der Waals surface area contributed by atoms with Gasteiger partial charge < -0.3 is 9.47 Å². The molecule has 0 spiro atoms. The first-order valence-corrected chi connectivity index (χ1v) is 5.98. The minimum absolute atomic E-state index is 0.0693. The second-order valence-corrected chi connectivity index (χ2v) is 4.59. The van der Waals surface area contributed by atoms with Gasteiger partial charge in [0.15, 0.2) is 5.78 Å². The van der Waals surface area contributed by atoms with E-state index in [1.165, 1.54) is 0 Å². The van der Waals surface area contributed by atoms with Crippen LogP contribution >= 0.6 is 0 Å². The van der Waals surface area contributed by atoms with Gasteiger partial charge in [-0.05, 0) is 50.5 Å². The normalized spacial score (nSPS) is 24.4. The van der Waals surface area contributed by atoms with Crippen molar-refractivity contribution >= 4 is 5.78 Å². The molecule has 1 fully saturated rings. The lowest BCUT2D eigenvalue weighted by Crippen LogP contribution is -2.41. The molecule has 1 heterocycles. The topological polar surface area (TPSA) is 35.5 Å². The van der Waals surface area contributed by atoms with E-state index in [0.717, 1.165) is 25.0 Å². The van der Waals surface area contributed by atoms with Crippen LogP contribution in [0.25, 0.3) is 0 Å². The van der Waals surface area contributed by atoms with Gasteiger partial charge in [0.25, 0.3) is 0 Å². The number of carbonyl (C=O) groups is 1. The SMILES string of the molecule is COc1ccc(C(=O)C2(C)CCCCO2)cc1. The standard InChI is InChI=1S/C14H18O3/c1-14(9-3-4-10-17-14)13(15)11-5-7-12(16-2)8-6-11/h5-8H,3-4,9-10H2,1-2H3. The van der Waals surface area contributed by atoms with Crippen molar-refractivity contribution in [2.75, 3.05) is 13.7 Å². The Balaban J connectivity index is 2.17. The quantitative estimate of drug-likeness (QED) is 0.754. The van der Waals surface area contributed by atoms with Gasteiger partial charge in [0.1, 0.15) is 11.4 Å². The lowest BCUT2D eigenvalue weighted by atomic mass is 9.88. The molecule has 1 unspecified atom stereocenters. The fourth-order valence-corrected chi connectivity index (χ4v) is 2.16. The molecular formula is C14H18O3. The van der Waals surface area contributed by atoms with Crippen LogP contribution in [0.5, 0.6) is 5.75 Å². The van der Waals surface area contributed by atoms with Gasteiger partial charge in [0, 0.05) is 12.2 Å². The number of Topliss-reactive ketones (excluding diaryl/α,β-unsaturated/α-hetero) is 1. The monoisotopic (exact) mass is 234 g/mol. The Labute approximate surface area is 102 Å². The Hall–Kier alpha value is -1.35. The van der Waals surface area contributed by atoms with E-state index in [0.29, 0.717) is 12.2 Å². The van der Waals surface area contributed by atoms with Gasteiger partial charge in [-0.15, -0.1) is 0 Å². The van der Waals surface area contributed by atoms with E-state index in [2.05, 4.69) is 0 Å². The molecule has 0 aliphatic carbocycles. The first-order chi connectivity index (χ1) is 8.15. The molecule has 3 heteroatoms. The van der Waals surface area contributed by atoms with E-state index < -0.39 is 5.60 Å². The zero-order valence-electron chi connectivity index (χ0n) is 10.4. The van der Waals surface area contributed by atoms with E-state index in [9.17, 15) is 4.79 Å². The van der Waals surface area contributed by atoms with Crippen molar-refractivity contribution in [2.45, 2.75) is 31.8 Å². The molecule has 17 heavy (non-hydrogen) atoms. The summed E-state index contributed by atoms with van der Waals surface area (Å²) in [5.41, 5.74) is 0.0440. The van der Waals surface area contributed by atoms with Gasteiger partial charge in [-0.2, -0.15) is 0 Å². The smallest absolute Gasteiger partial charge is 0.194 e. The van der Waals surface area contributed by atoms with Crippen molar-refractivity contribution in [3.05, 3.63) is 29.8 Å². The number of ether oxygens (including phenoxy) is 2. The Kier molecular flexibility index (Phi) is 3.48. The minimum Gasteiger partial charge on any atom is -0.497 e. The second-order valence-electron chi connectivity index (χ2n) is 4.59. The molecule has 0 amide bonds.